The third-order valence-electron chi connectivity index (χ3n) is 6.07. The van der Waals surface area contributed by atoms with Gasteiger partial charge in [-0.3, -0.25) is 9.20 Å². The van der Waals surface area contributed by atoms with Crippen LogP contribution in [-0.4, -0.2) is 21.5 Å². The summed E-state index contributed by atoms with van der Waals surface area (Å²) in [5, 5.41) is 13.0. The van der Waals surface area contributed by atoms with Crippen LogP contribution in [0.25, 0.3) is 16.6 Å². The summed E-state index contributed by atoms with van der Waals surface area (Å²) in [5.74, 6) is -0.824. The summed E-state index contributed by atoms with van der Waals surface area (Å²) in [6, 6.07) is 12.7. The van der Waals surface area contributed by atoms with E-state index in [2.05, 4.69) is 29.6 Å². The van der Waals surface area contributed by atoms with Crippen molar-refractivity contribution < 1.29 is 9.90 Å². The Hall–Kier alpha value is -2.92. The lowest BCUT2D eigenvalue weighted by Crippen LogP contribution is -2.23. The first-order valence-electron chi connectivity index (χ1n) is 10.3. The summed E-state index contributed by atoms with van der Waals surface area (Å²) in [4.78, 5) is 24.3. The van der Waals surface area contributed by atoms with Gasteiger partial charge in [0.05, 0.1) is 5.52 Å². The Labute approximate surface area is 169 Å². The Morgan fingerprint density at radius 1 is 1.17 bits per heavy atom. The van der Waals surface area contributed by atoms with Gasteiger partial charge in [0.25, 0.3) is 5.56 Å². The molecule has 0 amide bonds. The van der Waals surface area contributed by atoms with E-state index in [0.29, 0.717) is 12.0 Å². The van der Waals surface area contributed by atoms with Crippen molar-refractivity contribution in [1.29, 1.82) is 0 Å². The van der Waals surface area contributed by atoms with Crippen LogP contribution in [0.1, 0.15) is 58.6 Å². The van der Waals surface area contributed by atoms with E-state index in [-0.39, 0.29) is 5.56 Å². The molecule has 3 aromatic rings. The maximum Gasteiger partial charge on any atom is 0.341 e. The van der Waals surface area contributed by atoms with Crippen LogP contribution in [0.3, 0.4) is 0 Å². The smallest absolute Gasteiger partial charge is 0.341 e. The molecule has 2 aliphatic rings. The van der Waals surface area contributed by atoms with E-state index in [4.69, 9.17) is 0 Å². The number of rotatable bonds is 6. The summed E-state index contributed by atoms with van der Waals surface area (Å²) >= 11 is 0. The Balaban J connectivity index is 1.64. The quantitative estimate of drug-likeness (QED) is 0.667. The largest absolute Gasteiger partial charge is 0.477 e. The molecule has 0 aliphatic heterocycles. The predicted octanol–water partition coefficient (Wildman–Crippen LogP) is 4.10. The minimum Gasteiger partial charge on any atom is -0.477 e. The van der Waals surface area contributed by atoms with Gasteiger partial charge in [-0.05, 0) is 84.5 Å². The van der Waals surface area contributed by atoms with E-state index in [1.165, 1.54) is 22.8 Å². The third-order valence-corrected chi connectivity index (χ3v) is 6.07. The highest BCUT2D eigenvalue weighted by molar-refractivity contribution is 5.89. The van der Waals surface area contributed by atoms with Crippen LogP contribution >= 0.6 is 0 Å². The molecule has 5 heteroatoms. The van der Waals surface area contributed by atoms with Crippen LogP contribution < -0.4 is 10.9 Å². The van der Waals surface area contributed by atoms with Gasteiger partial charge in [0.1, 0.15) is 5.56 Å². The van der Waals surface area contributed by atoms with Gasteiger partial charge in [0.2, 0.25) is 0 Å². The molecular weight excluding hydrogens is 364 g/mol. The molecule has 2 aliphatic carbocycles. The Bertz CT molecular complexity index is 1190. The van der Waals surface area contributed by atoms with Crippen molar-refractivity contribution in [2.75, 3.05) is 0 Å². The van der Waals surface area contributed by atoms with E-state index in [0.717, 1.165) is 47.2 Å². The Kier molecular flexibility index (Phi) is 4.28. The molecule has 0 unspecified atom stereocenters. The van der Waals surface area contributed by atoms with Crippen molar-refractivity contribution in [2.45, 2.75) is 51.1 Å². The van der Waals surface area contributed by atoms with E-state index in [1.54, 1.807) is 12.3 Å². The second kappa shape index (κ2) is 6.85. The molecule has 0 bridgehead atoms. The number of benzene rings is 1. The first-order chi connectivity index (χ1) is 14.0. The molecule has 2 aromatic heterocycles. The van der Waals surface area contributed by atoms with Gasteiger partial charge < -0.3 is 10.4 Å². The van der Waals surface area contributed by atoms with Crippen molar-refractivity contribution in [3.63, 3.8) is 0 Å². The molecule has 5 rings (SSSR count). The Morgan fingerprint density at radius 2 is 1.97 bits per heavy atom. The minimum atomic E-state index is -1.16. The molecule has 2 heterocycles. The zero-order chi connectivity index (χ0) is 20.1. The predicted molar refractivity (Wildman–Crippen MR) is 113 cm³/mol. The van der Waals surface area contributed by atoms with Crippen molar-refractivity contribution in [3.8, 4) is 11.1 Å². The standard InChI is InChI=1S/C24H24N2O3/c1-14-19(17-4-2-3-15(11-17)13-25-18-7-8-18)9-10-26-22(14)20(16-5-6-16)12-21(23(26)27)24(28)29/h2-4,9-12,16,18,25H,5-8,13H2,1H3,(H,28,29). The number of aryl methyl sites for hydroxylation is 1. The number of hydrogen-bond acceptors (Lipinski definition) is 3. The number of hydrogen-bond donors (Lipinski definition) is 2. The fourth-order valence-electron chi connectivity index (χ4n) is 4.17. The number of carbonyl (C=O) groups is 1. The molecule has 0 radical (unpaired) electrons. The first-order valence-corrected chi connectivity index (χ1v) is 10.3. The van der Waals surface area contributed by atoms with Gasteiger partial charge in [0, 0.05) is 18.8 Å². The second-order valence-electron chi connectivity index (χ2n) is 8.33. The fourth-order valence-corrected chi connectivity index (χ4v) is 4.17. The normalized spacial score (nSPS) is 16.3. The molecular formula is C24H24N2O3. The van der Waals surface area contributed by atoms with Gasteiger partial charge in [-0.2, -0.15) is 0 Å². The molecule has 1 aromatic carbocycles. The van der Waals surface area contributed by atoms with Crippen molar-refractivity contribution >= 4 is 11.5 Å². The summed E-state index contributed by atoms with van der Waals surface area (Å²) in [6.07, 6.45) is 6.34. The molecule has 148 valence electrons. The van der Waals surface area contributed by atoms with Gasteiger partial charge >= 0.3 is 5.97 Å². The van der Waals surface area contributed by atoms with Crippen LogP contribution in [0, 0.1) is 6.92 Å². The zero-order valence-corrected chi connectivity index (χ0v) is 16.4. The highest BCUT2D eigenvalue weighted by Gasteiger charge is 2.29. The van der Waals surface area contributed by atoms with Crippen LogP contribution in [0.2, 0.25) is 0 Å². The lowest BCUT2D eigenvalue weighted by molar-refractivity contribution is 0.0694. The van der Waals surface area contributed by atoms with Crippen molar-refractivity contribution in [3.05, 3.63) is 75.2 Å². The monoisotopic (exact) mass is 388 g/mol. The number of nitrogens with zero attached hydrogens (tertiary/aromatic N) is 1. The second-order valence-corrected chi connectivity index (χ2v) is 8.33. The molecule has 2 saturated carbocycles. The SMILES string of the molecule is Cc1c(-c2cccc(CNC3CC3)c2)ccn2c(=O)c(C(=O)O)cc(C3CC3)c12. The number of carboxylic acids is 1. The van der Waals surface area contributed by atoms with Gasteiger partial charge in [-0.25, -0.2) is 4.79 Å². The number of pyridine rings is 2. The summed E-state index contributed by atoms with van der Waals surface area (Å²) < 4.78 is 1.52. The molecule has 5 nitrogen and oxygen atoms in total. The molecule has 2 fully saturated rings. The van der Waals surface area contributed by atoms with E-state index in [9.17, 15) is 14.7 Å². The minimum absolute atomic E-state index is 0.148. The van der Waals surface area contributed by atoms with Crippen molar-refractivity contribution in [2.24, 2.45) is 0 Å². The zero-order valence-electron chi connectivity index (χ0n) is 16.4. The third kappa shape index (κ3) is 3.36. The van der Waals surface area contributed by atoms with Gasteiger partial charge in [0.15, 0.2) is 0 Å². The van der Waals surface area contributed by atoms with Crippen molar-refractivity contribution in [1.82, 2.24) is 9.72 Å². The average molecular weight is 388 g/mol. The van der Waals surface area contributed by atoms with Crippen LogP contribution in [0.15, 0.2) is 47.4 Å². The topological polar surface area (TPSA) is 70.8 Å². The van der Waals surface area contributed by atoms with Crippen LogP contribution in [0.4, 0.5) is 0 Å². The number of aromatic nitrogens is 1. The maximum absolute atomic E-state index is 12.7. The van der Waals surface area contributed by atoms with Crippen LogP contribution in [0.5, 0.6) is 0 Å². The highest BCUT2D eigenvalue weighted by atomic mass is 16.4. The molecule has 29 heavy (non-hydrogen) atoms. The molecule has 2 N–H and O–H groups in total. The first kappa shape index (κ1) is 18.1. The summed E-state index contributed by atoms with van der Waals surface area (Å²) in [6.45, 7) is 2.89. The number of aromatic carboxylic acids is 1. The lowest BCUT2D eigenvalue weighted by Gasteiger charge is -2.16. The number of carboxylic acid groups (broad SMARTS) is 1. The van der Waals surface area contributed by atoms with Gasteiger partial charge in [-0.15, -0.1) is 0 Å². The number of nitrogens with one attached hydrogen (secondary N) is 1. The fraction of sp³-hybridized carbons (Fsp3) is 0.333. The van der Waals surface area contributed by atoms with Gasteiger partial charge in [-0.1, -0.05) is 18.2 Å². The van der Waals surface area contributed by atoms with E-state index in [1.807, 2.05) is 13.0 Å². The Morgan fingerprint density at radius 3 is 2.66 bits per heavy atom. The lowest BCUT2D eigenvalue weighted by atomic mass is 9.95. The molecule has 0 spiro atoms. The number of fused-ring (bicyclic) bond motifs is 1. The average Bonchev–Trinajstić information content (AvgIpc) is 3.61. The van der Waals surface area contributed by atoms with E-state index >= 15 is 0 Å². The summed E-state index contributed by atoms with van der Waals surface area (Å²) in [5.41, 5.74) is 5.71. The van der Waals surface area contributed by atoms with E-state index < -0.39 is 11.5 Å². The van der Waals surface area contributed by atoms with Crippen LogP contribution in [-0.2, 0) is 6.54 Å². The maximum atomic E-state index is 12.7. The molecule has 0 atom stereocenters. The highest BCUT2D eigenvalue weighted by Crippen LogP contribution is 2.43. The summed E-state index contributed by atoms with van der Waals surface area (Å²) in [7, 11) is 0. The molecule has 0 saturated heterocycles.